The quantitative estimate of drug-likeness (QED) is 0.417. The Morgan fingerprint density at radius 2 is 2.00 bits per heavy atom. The number of aromatic nitrogens is 1. The van der Waals surface area contributed by atoms with Crippen molar-refractivity contribution in [1.29, 1.82) is 0 Å². The molecule has 2 aromatic carbocycles. The van der Waals surface area contributed by atoms with Crippen LogP contribution in [0.1, 0.15) is 45.9 Å². The zero-order valence-electron chi connectivity index (χ0n) is 19.8. The third-order valence-corrected chi connectivity index (χ3v) is 8.51. The van der Waals surface area contributed by atoms with Gasteiger partial charge in [-0.1, -0.05) is 36.4 Å². The minimum absolute atomic E-state index is 0.0339. The standard InChI is InChI=1S/C29H29N3O2S/c1-34-27-26(31-28(33)22-10-16-35-19-22)23-6-2-3-7-24(23)29(27)11-14-32(15-12-29)18-20-8-9-25-21(17-20)5-4-13-30-25/h2-10,13,16-17,19,26-27H,11-12,14-15,18H2,1H3,(H,31,33)/t26-,27+/m1/s1. The molecule has 6 rings (SSSR count). The minimum Gasteiger partial charge on any atom is -0.378 e. The lowest BCUT2D eigenvalue weighted by molar-refractivity contribution is -0.0122. The summed E-state index contributed by atoms with van der Waals surface area (Å²) in [4.78, 5) is 20.0. The number of thiophene rings is 1. The zero-order valence-corrected chi connectivity index (χ0v) is 20.6. The van der Waals surface area contributed by atoms with Gasteiger partial charge in [0.15, 0.2) is 0 Å². The summed E-state index contributed by atoms with van der Waals surface area (Å²) in [5, 5.41) is 8.33. The van der Waals surface area contributed by atoms with Crippen LogP contribution in [0.5, 0.6) is 0 Å². The lowest BCUT2D eigenvalue weighted by atomic mass is 9.71. The molecule has 0 bridgehead atoms. The maximum atomic E-state index is 13.0. The van der Waals surface area contributed by atoms with E-state index in [-0.39, 0.29) is 23.5 Å². The van der Waals surface area contributed by atoms with E-state index in [0.29, 0.717) is 5.56 Å². The number of amides is 1. The highest BCUT2D eigenvalue weighted by Gasteiger charge is 2.53. The van der Waals surface area contributed by atoms with E-state index in [1.165, 1.54) is 33.4 Å². The van der Waals surface area contributed by atoms with E-state index in [0.717, 1.165) is 38.0 Å². The fourth-order valence-corrected chi connectivity index (χ4v) is 6.77. The molecule has 1 fully saturated rings. The summed E-state index contributed by atoms with van der Waals surface area (Å²) in [7, 11) is 1.79. The maximum Gasteiger partial charge on any atom is 0.252 e. The summed E-state index contributed by atoms with van der Waals surface area (Å²) >= 11 is 1.54. The molecule has 1 amide bonds. The molecule has 178 valence electrons. The van der Waals surface area contributed by atoms with Gasteiger partial charge in [0.25, 0.3) is 5.91 Å². The Balaban J connectivity index is 1.23. The number of ether oxygens (including phenoxy) is 1. The number of carbonyl (C=O) groups excluding carboxylic acids is 1. The average molecular weight is 484 g/mol. The second-order valence-corrected chi connectivity index (χ2v) is 10.4. The lowest BCUT2D eigenvalue weighted by Gasteiger charge is -2.44. The predicted octanol–water partition coefficient (Wildman–Crippen LogP) is 5.33. The Morgan fingerprint density at radius 3 is 2.80 bits per heavy atom. The minimum atomic E-state index is -0.150. The summed E-state index contributed by atoms with van der Waals surface area (Å²) in [5.74, 6) is -0.0339. The van der Waals surface area contributed by atoms with Crippen LogP contribution in [0.4, 0.5) is 0 Å². The van der Waals surface area contributed by atoms with Crippen molar-refractivity contribution in [2.45, 2.75) is 36.9 Å². The molecule has 1 saturated heterocycles. The number of methoxy groups -OCH3 is 1. The molecule has 1 aliphatic heterocycles. The lowest BCUT2D eigenvalue weighted by Crippen LogP contribution is -2.50. The number of rotatable bonds is 5. The van der Waals surface area contributed by atoms with Gasteiger partial charge in [-0.2, -0.15) is 11.3 Å². The van der Waals surface area contributed by atoms with E-state index in [9.17, 15) is 4.79 Å². The van der Waals surface area contributed by atoms with Crippen molar-refractivity contribution in [1.82, 2.24) is 15.2 Å². The third-order valence-electron chi connectivity index (χ3n) is 7.83. The van der Waals surface area contributed by atoms with Gasteiger partial charge in [0, 0.05) is 36.0 Å². The van der Waals surface area contributed by atoms with Crippen molar-refractivity contribution in [2.75, 3.05) is 20.2 Å². The number of fused-ring (bicyclic) bond motifs is 3. The van der Waals surface area contributed by atoms with E-state index >= 15 is 0 Å². The fraction of sp³-hybridized carbons (Fsp3) is 0.310. The van der Waals surface area contributed by atoms with Crippen molar-refractivity contribution < 1.29 is 9.53 Å². The van der Waals surface area contributed by atoms with Crippen LogP contribution in [0.3, 0.4) is 0 Å². The van der Waals surface area contributed by atoms with Crippen LogP contribution in [-0.4, -0.2) is 42.1 Å². The van der Waals surface area contributed by atoms with Gasteiger partial charge < -0.3 is 10.1 Å². The SMILES string of the molecule is CO[C@H]1[C@H](NC(=O)c2ccsc2)c2ccccc2C12CCN(Cc1ccc3ncccc3c1)CC2. The molecule has 0 radical (unpaired) electrons. The second kappa shape index (κ2) is 9.19. The molecule has 3 heterocycles. The van der Waals surface area contributed by atoms with Gasteiger partial charge in [0.1, 0.15) is 0 Å². The fourth-order valence-electron chi connectivity index (χ4n) is 6.14. The van der Waals surface area contributed by atoms with Crippen LogP contribution < -0.4 is 5.32 Å². The van der Waals surface area contributed by atoms with E-state index in [2.05, 4.69) is 63.7 Å². The normalized spacial score (nSPS) is 21.3. The van der Waals surface area contributed by atoms with Gasteiger partial charge in [-0.05, 0) is 72.3 Å². The summed E-state index contributed by atoms with van der Waals surface area (Å²) in [6.45, 7) is 2.91. The first-order chi connectivity index (χ1) is 17.2. The molecular weight excluding hydrogens is 454 g/mol. The number of carbonyl (C=O) groups is 1. The Kier molecular flexibility index (Phi) is 5.88. The predicted molar refractivity (Wildman–Crippen MR) is 140 cm³/mol. The summed E-state index contributed by atoms with van der Waals surface area (Å²) < 4.78 is 6.18. The van der Waals surface area contributed by atoms with Crippen molar-refractivity contribution in [3.8, 4) is 0 Å². The highest BCUT2D eigenvalue weighted by atomic mass is 32.1. The molecule has 4 aromatic rings. The van der Waals surface area contributed by atoms with Crippen molar-refractivity contribution in [3.63, 3.8) is 0 Å². The van der Waals surface area contributed by atoms with E-state index in [1.54, 1.807) is 7.11 Å². The van der Waals surface area contributed by atoms with Gasteiger partial charge in [-0.3, -0.25) is 14.7 Å². The molecule has 1 N–H and O–H groups in total. The number of hydrogen-bond acceptors (Lipinski definition) is 5. The molecule has 35 heavy (non-hydrogen) atoms. The van der Waals surface area contributed by atoms with E-state index < -0.39 is 0 Å². The Labute approximate surface area is 209 Å². The molecule has 5 nitrogen and oxygen atoms in total. The smallest absolute Gasteiger partial charge is 0.252 e. The number of piperidine rings is 1. The maximum absolute atomic E-state index is 13.0. The first-order valence-electron chi connectivity index (χ1n) is 12.2. The Morgan fingerprint density at radius 1 is 1.14 bits per heavy atom. The molecule has 2 atom stereocenters. The highest BCUT2D eigenvalue weighted by Crippen LogP contribution is 2.52. The number of likely N-dealkylation sites (tertiary alicyclic amines) is 1. The van der Waals surface area contributed by atoms with Gasteiger partial charge in [-0.15, -0.1) is 0 Å². The van der Waals surface area contributed by atoms with Crippen LogP contribution in [0.2, 0.25) is 0 Å². The van der Waals surface area contributed by atoms with Gasteiger partial charge in [0.05, 0.1) is 23.2 Å². The number of nitrogens with zero attached hydrogens (tertiary/aromatic N) is 2. The molecule has 6 heteroatoms. The first kappa shape index (κ1) is 22.4. The second-order valence-electron chi connectivity index (χ2n) is 9.67. The van der Waals surface area contributed by atoms with Crippen molar-refractivity contribution in [2.24, 2.45) is 0 Å². The highest BCUT2D eigenvalue weighted by molar-refractivity contribution is 7.08. The molecule has 2 aliphatic rings. The van der Waals surface area contributed by atoms with Crippen LogP contribution in [0, 0.1) is 0 Å². The monoisotopic (exact) mass is 483 g/mol. The Hall–Kier alpha value is -3.06. The van der Waals surface area contributed by atoms with Crippen LogP contribution in [-0.2, 0) is 16.7 Å². The Bertz CT molecular complexity index is 1350. The summed E-state index contributed by atoms with van der Waals surface area (Å²) in [5.41, 5.74) is 5.50. The topological polar surface area (TPSA) is 54.5 Å². The van der Waals surface area contributed by atoms with Gasteiger partial charge >= 0.3 is 0 Å². The number of benzene rings is 2. The van der Waals surface area contributed by atoms with Gasteiger partial charge in [0.2, 0.25) is 0 Å². The third kappa shape index (κ3) is 3.96. The first-order valence-corrected chi connectivity index (χ1v) is 13.1. The van der Waals surface area contributed by atoms with Crippen molar-refractivity contribution in [3.05, 3.63) is 99.9 Å². The molecule has 0 saturated carbocycles. The van der Waals surface area contributed by atoms with Crippen LogP contribution >= 0.6 is 11.3 Å². The van der Waals surface area contributed by atoms with Crippen molar-refractivity contribution >= 4 is 28.1 Å². The van der Waals surface area contributed by atoms with E-state index in [4.69, 9.17) is 4.74 Å². The molecular formula is C29H29N3O2S. The van der Waals surface area contributed by atoms with Crippen LogP contribution in [0.25, 0.3) is 10.9 Å². The molecule has 0 unspecified atom stereocenters. The summed E-state index contributed by atoms with van der Waals surface area (Å²) in [6.07, 6.45) is 3.76. The number of pyridine rings is 1. The number of hydrogen-bond donors (Lipinski definition) is 1. The molecule has 1 aliphatic carbocycles. The van der Waals surface area contributed by atoms with E-state index in [1.807, 2.05) is 29.1 Å². The molecule has 2 aromatic heterocycles. The zero-order chi connectivity index (χ0) is 23.8. The summed E-state index contributed by atoms with van der Waals surface area (Å²) in [6, 6.07) is 21.0. The largest absolute Gasteiger partial charge is 0.378 e. The number of nitrogens with one attached hydrogen (secondary N) is 1. The van der Waals surface area contributed by atoms with Crippen LogP contribution in [0.15, 0.2) is 77.6 Å². The average Bonchev–Trinajstić information content (AvgIpc) is 3.52. The van der Waals surface area contributed by atoms with Gasteiger partial charge in [-0.25, -0.2) is 0 Å². The molecule has 1 spiro atoms.